The van der Waals surface area contributed by atoms with Crippen LogP contribution in [-0.2, 0) is 41.3 Å². The standard InChI is InChI=1S/C24H28N6O5S/c1-24(2,3)35-23(32)30-19-9-7-6-8-16(19)18(26-30)13-29-22(31)21-17(12-25-29)15-10-11-28(36(5,33)34)14-20(15)27(21)4/h6-9,12H,10-11,13-14H2,1-5H3. The first-order valence-electron chi connectivity index (χ1n) is 11.6. The van der Waals surface area contributed by atoms with Crippen LogP contribution in [0.1, 0.15) is 37.7 Å². The Hall–Kier alpha value is -3.51. The highest BCUT2D eigenvalue weighted by Gasteiger charge is 2.29. The monoisotopic (exact) mass is 512 g/mol. The number of aromatic nitrogens is 5. The molecule has 1 aromatic carbocycles. The molecule has 0 saturated carbocycles. The number of hydrogen-bond donors (Lipinski definition) is 0. The Morgan fingerprint density at radius 2 is 1.89 bits per heavy atom. The number of carbonyl (C=O) groups excluding carboxylic acids is 1. The van der Waals surface area contributed by atoms with E-state index in [0.717, 1.165) is 16.6 Å². The summed E-state index contributed by atoms with van der Waals surface area (Å²) in [6.07, 6.45) is 2.75. The van der Waals surface area contributed by atoms with Gasteiger partial charge in [-0.15, -0.1) is 0 Å². The molecule has 4 heterocycles. The molecule has 11 nitrogen and oxygen atoms in total. The van der Waals surface area contributed by atoms with Crippen molar-refractivity contribution in [1.82, 2.24) is 28.4 Å². The highest BCUT2D eigenvalue weighted by Crippen LogP contribution is 2.29. The van der Waals surface area contributed by atoms with Crippen molar-refractivity contribution in [2.45, 2.75) is 45.9 Å². The first-order chi connectivity index (χ1) is 16.8. The van der Waals surface area contributed by atoms with Crippen LogP contribution in [0.3, 0.4) is 0 Å². The molecule has 0 spiro atoms. The van der Waals surface area contributed by atoms with Crippen molar-refractivity contribution >= 4 is 37.9 Å². The van der Waals surface area contributed by atoms with E-state index in [2.05, 4.69) is 10.2 Å². The Kier molecular flexibility index (Phi) is 5.56. The van der Waals surface area contributed by atoms with Gasteiger partial charge in [-0.1, -0.05) is 18.2 Å². The molecule has 0 N–H and O–H groups in total. The van der Waals surface area contributed by atoms with Crippen molar-refractivity contribution < 1.29 is 17.9 Å². The van der Waals surface area contributed by atoms with Crippen molar-refractivity contribution in [3.8, 4) is 0 Å². The van der Waals surface area contributed by atoms with Crippen LogP contribution >= 0.6 is 0 Å². The third-order valence-corrected chi connectivity index (χ3v) is 7.62. The zero-order valence-corrected chi connectivity index (χ0v) is 21.7. The summed E-state index contributed by atoms with van der Waals surface area (Å²) in [5.74, 6) is 0. The van der Waals surface area contributed by atoms with E-state index in [-0.39, 0.29) is 18.6 Å². The number of aryl methyl sites for hydroxylation is 1. The SMILES string of the molecule is Cn1c2c(c3cnn(Cc4nn(C(=O)OC(C)(C)C)c5ccccc45)c(=O)c31)CCN(S(C)(=O)=O)C2. The average molecular weight is 513 g/mol. The molecule has 0 aliphatic carbocycles. The summed E-state index contributed by atoms with van der Waals surface area (Å²) in [5.41, 5.74) is 2.28. The van der Waals surface area contributed by atoms with Gasteiger partial charge >= 0.3 is 6.09 Å². The zero-order chi connectivity index (χ0) is 26.0. The summed E-state index contributed by atoms with van der Waals surface area (Å²) in [4.78, 5) is 26.3. The third kappa shape index (κ3) is 4.09. The summed E-state index contributed by atoms with van der Waals surface area (Å²) in [6, 6.07) is 7.25. The Morgan fingerprint density at radius 1 is 1.17 bits per heavy atom. The molecule has 5 rings (SSSR count). The van der Waals surface area contributed by atoms with Crippen molar-refractivity contribution in [2.24, 2.45) is 7.05 Å². The van der Waals surface area contributed by atoms with Crippen LogP contribution in [0.2, 0.25) is 0 Å². The molecule has 36 heavy (non-hydrogen) atoms. The summed E-state index contributed by atoms with van der Waals surface area (Å²) in [5, 5.41) is 10.3. The second-order valence-corrected chi connectivity index (χ2v) is 12.0. The molecule has 4 aromatic rings. The quantitative estimate of drug-likeness (QED) is 0.413. The minimum Gasteiger partial charge on any atom is -0.442 e. The molecule has 0 atom stereocenters. The molecular formula is C24H28N6O5S. The topological polar surface area (TPSA) is 121 Å². The molecule has 0 radical (unpaired) electrons. The summed E-state index contributed by atoms with van der Waals surface area (Å²) in [7, 11) is -1.58. The average Bonchev–Trinajstić information content (AvgIpc) is 3.30. The molecule has 0 unspecified atom stereocenters. The van der Waals surface area contributed by atoms with Gasteiger partial charge in [0.05, 0.1) is 36.8 Å². The van der Waals surface area contributed by atoms with E-state index in [0.29, 0.717) is 35.1 Å². The van der Waals surface area contributed by atoms with Gasteiger partial charge in [0, 0.05) is 30.1 Å². The normalized spacial score (nSPS) is 14.9. The first-order valence-corrected chi connectivity index (χ1v) is 13.4. The van der Waals surface area contributed by atoms with E-state index in [1.807, 2.05) is 12.1 Å². The van der Waals surface area contributed by atoms with Crippen molar-refractivity contribution in [1.29, 1.82) is 0 Å². The smallest absolute Gasteiger partial charge is 0.435 e. The lowest BCUT2D eigenvalue weighted by Gasteiger charge is -2.25. The van der Waals surface area contributed by atoms with Crippen LogP contribution in [0.15, 0.2) is 35.3 Å². The van der Waals surface area contributed by atoms with Gasteiger partial charge in [0.1, 0.15) is 11.1 Å². The fourth-order valence-corrected chi connectivity index (χ4v) is 5.49. The van der Waals surface area contributed by atoms with Gasteiger partial charge in [-0.2, -0.15) is 19.2 Å². The number of para-hydroxylation sites is 1. The van der Waals surface area contributed by atoms with Gasteiger partial charge in [0.15, 0.2) is 0 Å². The molecule has 1 aliphatic rings. The van der Waals surface area contributed by atoms with Gasteiger partial charge in [0.25, 0.3) is 5.56 Å². The second kappa shape index (κ2) is 8.27. The maximum absolute atomic E-state index is 13.5. The molecule has 0 saturated heterocycles. The Morgan fingerprint density at radius 3 is 2.58 bits per heavy atom. The second-order valence-electron chi connectivity index (χ2n) is 10.1. The number of fused-ring (bicyclic) bond motifs is 4. The molecule has 12 heteroatoms. The lowest BCUT2D eigenvalue weighted by molar-refractivity contribution is 0.0522. The highest BCUT2D eigenvalue weighted by molar-refractivity contribution is 7.88. The van der Waals surface area contributed by atoms with E-state index in [1.54, 1.807) is 50.7 Å². The fraction of sp³-hybridized carbons (Fsp3) is 0.417. The first kappa shape index (κ1) is 24.2. The maximum atomic E-state index is 13.5. The Bertz CT molecular complexity index is 1690. The van der Waals surface area contributed by atoms with Gasteiger partial charge in [-0.3, -0.25) is 4.79 Å². The number of ether oxygens (including phenoxy) is 1. The van der Waals surface area contributed by atoms with Crippen LogP contribution in [0.5, 0.6) is 0 Å². The number of nitrogens with zero attached hydrogens (tertiary/aromatic N) is 6. The fourth-order valence-electron chi connectivity index (χ4n) is 4.71. The number of benzene rings is 1. The minimum absolute atomic E-state index is 0.0520. The number of sulfonamides is 1. The Labute approximate surface area is 207 Å². The van der Waals surface area contributed by atoms with E-state index >= 15 is 0 Å². The van der Waals surface area contributed by atoms with Crippen LogP contribution in [0, 0.1) is 0 Å². The van der Waals surface area contributed by atoms with Crippen molar-refractivity contribution in [2.75, 3.05) is 12.8 Å². The number of rotatable bonds is 3. The van der Waals surface area contributed by atoms with E-state index in [9.17, 15) is 18.0 Å². The summed E-state index contributed by atoms with van der Waals surface area (Å²) >= 11 is 0. The minimum atomic E-state index is -3.35. The van der Waals surface area contributed by atoms with Crippen LogP contribution in [-0.4, -0.2) is 61.3 Å². The predicted octanol–water partition coefficient (Wildman–Crippen LogP) is 2.23. The molecule has 3 aromatic heterocycles. The summed E-state index contributed by atoms with van der Waals surface area (Å²) < 4.78 is 35.4. The van der Waals surface area contributed by atoms with E-state index in [1.165, 1.54) is 19.9 Å². The highest BCUT2D eigenvalue weighted by atomic mass is 32.2. The zero-order valence-electron chi connectivity index (χ0n) is 20.8. The summed E-state index contributed by atoms with van der Waals surface area (Å²) in [6.45, 7) is 5.97. The van der Waals surface area contributed by atoms with E-state index in [4.69, 9.17) is 4.74 Å². The Balaban J connectivity index is 1.57. The molecule has 0 fully saturated rings. The molecule has 0 bridgehead atoms. The molecular weight excluding hydrogens is 484 g/mol. The van der Waals surface area contributed by atoms with Gasteiger partial charge in [0.2, 0.25) is 10.0 Å². The largest absolute Gasteiger partial charge is 0.442 e. The lowest BCUT2D eigenvalue weighted by Crippen LogP contribution is -2.35. The van der Waals surface area contributed by atoms with E-state index < -0.39 is 21.7 Å². The molecule has 0 amide bonds. The predicted molar refractivity (Wildman–Crippen MR) is 134 cm³/mol. The lowest BCUT2D eigenvalue weighted by atomic mass is 10.1. The number of carbonyl (C=O) groups is 1. The van der Waals surface area contributed by atoms with Crippen molar-refractivity contribution in [3.63, 3.8) is 0 Å². The van der Waals surface area contributed by atoms with Gasteiger partial charge in [-0.05, 0) is 38.8 Å². The van der Waals surface area contributed by atoms with Crippen molar-refractivity contribution in [3.05, 3.63) is 57.8 Å². The van der Waals surface area contributed by atoms with Crippen LogP contribution < -0.4 is 5.56 Å². The van der Waals surface area contributed by atoms with Gasteiger partial charge < -0.3 is 9.30 Å². The third-order valence-electron chi connectivity index (χ3n) is 6.37. The molecule has 190 valence electrons. The van der Waals surface area contributed by atoms with Crippen LogP contribution in [0.4, 0.5) is 4.79 Å². The van der Waals surface area contributed by atoms with Crippen LogP contribution in [0.25, 0.3) is 21.8 Å². The number of hydrogen-bond acceptors (Lipinski definition) is 7. The maximum Gasteiger partial charge on any atom is 0.435 e. The van der Waals surface area contributed by atoms with Gasteiger partial charge in [-0.25, -0.2) is 17.9 Å². The molecule has 1 aliphatic heterocycles.